The van der Waals surface area contributed by atoms with Crippen LogP contribution in [0.4, 0.5) is 5.82 Å². The summed E-state index contributed by atoms with van der Waals surface area (Å²) >= 11 is 0. The van der Waals surface area contributed by atoms with Crippen LogP contribution >= 0.6 is 0 Å². The smallest absolute Gasteiger partial charge is 0.130 e. The molecule has 0 radical (unpaired) electrons. The van der Waals surface area contributed by atoms with Gasteiger partial charge in [0.05, 0.1) is 5.69 Å². The Morgan fingerprint density at radius 2 is 2.24 bits per heavy atom. The minimum atomic E-state index is 0.488. The lowest BCUT2D eigenvalue weighted by molar-refractivity contribution is 0.198. The molecule has 0 unspecified atom stereocenters. The lowest BCUT2D eigenvalue weighted by Gasteiger charge is -2.32. The van der Waals surface area contributed by atoms with Gasteiger partial charge in [0.2, 0.25) is 0 Å². The third-order valence-electron chi connectivity index (χ3n) is 4.03. The molecule has 1 atom stereocenters. The van der Waals surface area contributed by atoms with E-state index >= 15 is 0 Å². The molecule has 0 aromatic carbocycles. The van der Waals surface area contributed by atoms with Crippen molar-refractivity contribution in [1.82, 2.24) is 19.9 Å². The van der Waals surface area contributed by atoms with Crippen molar-refractivity contribution in [2.75, 3.05) is 25.5 Å². The van der Waals surface area contributed by atoms with Crippen LogP contribution < -0.4 is 5.32 Å². The number of rotatable bonds is 4. The van der Waals surface area contributed by atoms with E-state index in [2.05, 4.69) is 31.2 Å². The average Bonchev–Trinajstić information content (AvgIpc) is 2.56. The van der Waals surface area contributed by atoms with E-state index in [0.717, 1.165) is 31.1 Å². The van der Waals surface area contributed by atoms with Gasteiger partial charge in [0, 0.05) is 56.4 Å². The van der Waals surface area contributed by atoms with Crippen molar-refractivity contribution in [2.45, 2.75) is 25.3 Å². The SMILES string of the molecule is CNc1ncccc1CN1CCC[C@H](c2cnccn2)C1. The molecule has 21 heavy (non-hydrogen) atoms. The molecule has 0 bridgehead atoms. The number of aromatic nitrogens is 3. The summed E-state index contributed by atoms with van der Waals surface area (Å²) < 4.78 is 0. The number of pyridine rings is 1. The molecule has 0 saturated carbocycles. The van der Waals surface area contributed by atoms with Crippen molar-refractivity contribution < 1.29 is 0 Å². The third kappa shape index (κ3) is 3.36. The molecule has 0 aliphatic carbocycles. The van der Waals surface area contributed by atoms with E-state index in [1.54, 1.807) is 12.4 Å². The lowest BCUT2D eigenvalue weighted by Crippen LogP contribution is -2.34. The molecule has 5 nitrogen and oxygen atoms in total. The van der Waals surface area contributed by atoms with Crippen LogP contribution in [0, 0.1) is 0 Å². The van der Waals surface area contributed by atoms with Crippen LogP contribution in [-0.4, -0.2) is 40.0 Å². The monoisotopic (exact) mass is 283 g/mol. The van der Waals surface area contributed by atoms with Gasteiger partial charge in [0.15, 0.2) is 0 Å². The summed E-state index contributed by atoms with van der Waals surface area (Å²) in [5.41, 5.74) is 2.36. The Kier molecular flexibility index (Phi) is 4.40. The summed E-state index contributed by atoms with van der Waals surface area (Å²) in [6.45, 7) is 3.10. The van der Waals surface area contributed by atoms with Crippen LogP contribution in [0.15, 0.2) is 36.9 Å². The van der Waals surface area contributed by atoms with Gasteiger partial charge in [0.25, 0.3) is 0 Å². The highest BCUT2D eigenvalue weighted by Crippen LogP contribution is 2.26. The van der Waals surface area contributed by atoms with E-state index in [1.807, 2.05) is 25.5 Å². The van der Waals surface area contributed by atoms with Crippen LogP contribution in [0.1, 0.15) is 30.0 Å². The molecule has 1 aliphatic heterocycles. The minimum Gasteiger partial charge on any atom is -0.373 e. The molecule has 1 saturated heterocycles. The maximum Gasteiger partial charge on any atom is 0.130 e. The highest BCUT2D eigenvalue weighted by molar-refractivity contribution is 5.42. The van der Waals surface area contributed by atoms with Crippen molar-refractivity contribution in [3.63, 3.8) is 0 Å². The molecule has 1 N–H and O–H groups in total. The Hall–Kier alpha value is -2.01. The predicted octanol–water partition coefficient (Wildman–Crippen LogP) is 2.29. The third-order valence-corrected chi connectivity index (χ3v) is 4.03. The van der Waals surface area contributed by atoms with Crippen LogP contribution in [-0.2, 0) is 6.54 Å². The van der Waals surface area contributed by atoms with Crippen LogP contribution in [0.25, 0.3) is 0 Å². The molecule has 3 rings (SSSR count). The summed E-state index contributed by atoms with van der Waals surface area (Å²) in [7, 11) is 1.92. The first kappa shape index (κ1) is 13.9. The Morgan fingerprint density at radius 3 is 3.05 bits per heavy atom. The molecule has 5 heteroatoms. The van der Waals surface area contributed by atoms with Gasteiger partial charge < -0.3 is 5.32 Å². The Morgan fingerprint density at radius 1 is 1.29 bits per heavy atom. The molecule has 2 aromatic rings. The standard InChI is InChI=1S/C16H21N5/c1-17-16-14(4-2-6-20-16)12-21-9-3-5-13(11-21)15-10-18-7-8-19-15/h2,4,6-8,10,13H,3,5,9,11-12H2,1H3,(H,17,20)/t13-/m0/s1. The van der Waals surface area contributed by atoms with E-state index in [9.17, 15) is 0 Å². The first-order valence-electron chi connectivity index (χ1n) is 7.46. The van der Waals surface area contributed by atoms with Crippen molar-refractivity contribution in [3.8, 4) is 0 Å². The summed E-state index contributed by atoms with van der Waals surface area (Å²) in [5, 5.41) is 3.17. The molecule has 1 fully saturated rings. The van der Waals surface area contributed by atoms with E-state index in [-0.39, 0.29) is 0 Å². The van der Waals surface area contributed by atoms with Gasteiger partial charge >= 0.3 is 0 Å². The largest absolute Gasteiger partial charge is 0.373 e. The second-order valence-corrected chi connectivity index (χ2v) is 5.47. The zero-order valence-electron chi connectivity index (χ0n) is 12.4. The Labute approximate surface area is 125 Å². The van der Waals surface area contributed by atoms with E-state index in [4.69, 9.17) is 0 Å². The van der Waals surface area contributed by atoms with Crippen molar-refractivity contribution in [2.24, 2.45) is 0 Å². The number of hydrogen-bond donors (Lipinski definition) is 1. The van der Waals surface area contributed by atoms with Crippen LogP contribution in [0.3, 0.4) is 0 Å². The Balaban J connectivity index is 1.69. The summed E-state index contributed by atoms with van der Waals surface area (Å²) in [5.74, 6) is 1.46. The highest BCUT2D eigenvalue weighted by Gasteiger charge is 2.23. The molecule has 3 heterocycles. The average molecular weight is 283 g/mol. The van der Waals surface area contributed by atoms with Gasteiger partial charge in [0.1, 0.15) is 5.82 Å². The molecular weight excluding hydrogens is 262 g/mol. The molecule has 110 valence electrons. The van der Waals surface area contributed by atoms with Crippen molar-refractivity contribution >= 4 is 5.82 Å². The van der Waals surface area contributed by atoms with Crippen molar-refractivity contribution in [1.29, 1.82) is 0 Å². The number of piperidine rings is 1. The highest BCUT2D eigenvalue weighted by atomic mass is 15.1. The molecule has 2 aromatic heterocycles. The van der Waals surface area contributed by atoms with Crippen LogP contribution in [0.2, 0.25) is 0 Å². The fourth-order valence-electron chi connectivity index (χ4n) is 2.99. The molecular formula is C16H21N5. The first-order valence-corrected chi connectivity index (χ1v) is 7.46. The topological polar surface area (TPSA) is 53.9 Å². The van der Waals surface area contributed by atoms with Crippen molar-refractivity contribution in [3.05, 3.63) is 48.2 Å². The number of anilines is 1. The van der Waals surface area contributed by atoms with Crippen LogP contribution in [0.5, 0.6) is 0 Å². The molecule has 1 aliphatic rings. The van der Waals surface area contributed by atoms with Gasteiger partial charge in [-0.3, -0.25) is 14.9 Å². The fraction of sp³-hybridized carbons (Fsp3) is 0.438. The lowest BCUT2D eigenvalue weighted by atomic mass is 9.94. The maximum atomic E-state index is 4.46. The Bertz CT molecular complexity index is 572. The van der Waals surface area contributed by atoms with Gasteiger partial charge in [-0.1, -0.05) is 6.07 Å². The van der Waals surface area contributed by atoms with Gasteiger partial charge in [-0.2, -0.15) is 0 Å². The van der Waals surface area contributed by atoms with E-state index < -0.39 is 0 Å². The second kappa shape index (κ2) is 6.63. The molecule has 0 amide bonds. The van der Waals surface area contributed by atoms with Gasteiger partial charge in [-0.05, 0) is 25.5 Å². The first-order chi connectivity index (χ1) is 10.4. The summed E-state index contributed by atoms with van der Waals surface area (Å²) in [4.78, 5) is 15.5. The zero-order valence-corrected chi connectivity index (χ0v) is 12.4. The zero-order chi connectivity index (χ0) is 14.5. The van der Waals surface area contributed by atoms with Gasteiger partial charge in [-0.25, -0.2) is 4.98 Å². The van der Waals surface area contributed by atoms with E-state index in [0.29, 0.717) is 5.92 Å². The normalized spacial score (nSPS) is 19.4. The summed E-state index contributed by atoms with van der Waals surface area (Å²) in [6.07, 6.45) is 9.65. The van der Waals surface area contributed by atoms with E-state index in [1.165, 1.54) is 18.4 Å². The minimum absolute atomic E-state index is 0.488. The number of nitrogens with one attached hydrogen (secondary N) is 1. The number of likely N-dealkylation sites (tertiary alicyclic amines) is 1. The number of hydrogen-bond acceptors (Lipinski definition) is 5. The quantitative estimate of drug-likeness (QED) is 0.933. The van der Waals surface area contributed by atoms with Gasteiger partial charge in [-0.15, -0.1) is 0 Å². The number of nitrogens with zero attached hydrogens (tertiary/aromatic N) is 4. The second-order valence-electron chi connectivity index (χ2n) is 5.47. The molecule has 0 spiro atoms. The predicted molar refractivity (Wildman–Crippen MR) is 83.1 cm³/mol. The maximum absolute atomic E-state index is 4.46. The summed E-state index contributed by atoms with van der Waals surface area (Å²) in [6, 6.07) is 4.14. The fourth-order valence-corrected chi connectivity index (χ4v) is 2.99.